The Bertz CT molecular complexity index is 252. The minimum absolute atomic E-state index is 0.00319. The van der Waals surface area contributed by atoms with Crippen LogP contribution in [0.1, 0.15) is 0 Å². The van der Waals surface area contributed by atoms with E-state index in [9.17, 15) is 13.2 Å². The van der Waals surface area contributed by atoms with E-state index in [2.05, 4.69) is 0 Å². The molecule has 0 fully saturated rings. The number of nitrogens with zero attached hydrogens (tertiary/aromatic N) is 1. The van der Waals surface area contributed by atoms with Gasteiger partial charge in [0.05, 0.1) is 12.2 Å². The molecule has 1 aliphatic heterocycles. The van der Waals surface area contributed by atoms with Crippen LogP contribution in [0.2, 0.25) is 0 Å². The minimum atomic E-state index is -2.65. The van der Waals surface area contributed by atoms with Crippen molar-refractivity contribution in [3.05, 3.63) is 23.8 Å². The van der Waals surface area contributed by atoms with E-state index in [0.29, 0.717) is 0 Å². The third-order valence-electron chi connectivity index (χ3n) is 1.53. The number of nitrogens with two attached hydrogens (primary N) is 1. The van der Waals surface area contributed by atoms with Crippen molar-refractivity contribution in [2.45, 2.75) is 12.7 Å². The molecule has 3 N–H and O–H groups in total. The van der Waals surface area contributed by atoms with Gasteiger partial charge in [0.2, 0.25) is 0 Å². The summed E-state index contributed by atoms with van der Waals surface area (Å²) in [5, 5.41) is 9.05. The molecule has 0 spiro atoms. The number of aliphatic hydroxyl groups excluding tert-OH is 1. The van der Waals surface area contributed by atoms with Gasteiger partial charge in [0, 0.05) is 6.20 Å². The van der Waals surface area contributed by atoms with E-state index in [4.69, 9.17) is 10.8 Å². The lowest BCUT2D eigenvalue weighted by atomic mass is 10.2. The van der Waals surface area contributed by atoms with Crippen molar-refractivity contribution in [3.63, 3.8) is 0 Å². The van der Waals surface area contributed by atoms with E-state index in [0.717, 1.165) is 17.2 Å². The zero-order chi connectivity index (χ0) is 10.0. The molecule has 1 aliphatic rings. The molecule has 0 amide bonds. The number of hydrogen-bond donors (Lipinski definition) is 2. The van der Waals surface area contributed by atoms with Crippen molar-refractivity contribution in [2.75, 3.05) is 6.54 Å². The van der Waals surface area contributed by atoms with Crippen LogP contribution in [0.4, 0.5) is 13.2 Å². The maximum absolute atomic E-state index is 12.7. The average Bonchev–Trinajstić information content (AvgIpc) is 1.98. The van der Waals surface area contributed by atoms with Gasteiger partial charge in [0.1, 0.15) is 0 Å². The molecule has 6 heteroatoms. The van der Waals surface area contributed by atoms with Crippen LogP contribution in [-0.2, 0) is 0 Å². The van der Waals surface area contributed by atoms with E-state index in [1.807, 2.05) is 0 Å². The fourth-order valence-corrected chi connectivity index (χ4v) is 1.00. The first kappa shape index (κ1) is 9.91. The first-order valence-corrected chi connectivity index (χ1v) is 3.57. The van der Waals surface area contributed by atoms with E-state index < -0.39 is 25.0 Å². The molecule has 0 aromatic heterocycles. The Labute approximate surface area is 72.9 Å². The lowest BCUT2D eigenvalue weighted by Gasteiger charge is -2.28. The number of halogens is 3. The van der Waals surface area contributed by atoms with Gasteiger partial charge in [0.25, 0.3) is 6.43 Å². The lowest BCUT2D eigenvalue weighted by molar-refractivity contribution is 0.00662. The van der Waals surface area contributed by atoms with E-state index in [1.54, 1.807) is 0 Å². The molecule has 0 radical (unpaired) electrons. The topological polar surface area (TPSA) is 49.5 Å². The van der Waals surface area contributed by atoms with Gasteiger partial charge in [-0.3, -0.25) is 0 Å². The highest BCUT2D eigenvalue weighted by Gasteiger charge is 2.24. The normalized spacial score (nSPS) is 23.2. The molecule has 0 aliphatic carbocycles. The van der Waals surface area contributed by atoms with Gasteiger partial charge in [-0.05, 0) is 6.08 Å². The summed E-state index contributed by atoms with van der Waals surface area (Å²) >= 11 is 0. The van der Waals surface area contributed by atoms with E-state index in [-0.39, 0.29) is 5.70 Å². The maximum Gasteiger partial charge on any atom is 0.255 e. The molecular formula is C7H9F3N2O. The van der Waals surface area contributed by atoms with Crippen LogP contribution in [0.5, 0.6) is 0 Å². The second-order valence-electron chi connectivity index (χ2n) is 2.62. The SMILES string of the molecule is NC1=CN(CC(F)F)C(O)C(F)=C1. The molecule has 1 rings (SSSR count). The van der Waals surface area contributed by atoms with Gasteiger partial charge in [-0.25, -0.2) is 13.2 Å². The summed E-state index contributed by atoms with van der Waals surface area (Å²) in [6.07, 6.45) is -2.32. The van der Waals surface area contributed by atoms with Gasteiger partial charge < -0.3 is 15.7 Å². The second kappa shape index (κ2) is 3.69. The highest BCUT2D eigenvalue weighted by molar-refractivity contribution is 5.23. The van der Waals surface area contributed by atoms with Crippen LogP contribution in [0, 0.1) is 0 Å². The summed E-state index contributed by atoms with van der Waals surface area (Å²) in [6, 6.07) is 0. The van der Waals surface area contributed by atoms with Crippen molar-refractivity contribution >= 4 is 0 Å². The van der Waals surface area contributed by atoms with Crippen LogP contribution < -0.4 is 5.73 Å². The maximum atomic E-state index is 12.7. The largest absolute Gasteiger partial charge is 0.397 e. The van der Waals surface area contributed by atoms with Crippen molar-refractivity contribution in [2.24, 2.45) is 5.73 Å². The highest BCUT2D eigenvalue weighted by Crippen LogP contribution is 2.18. The number of allylic oxidation sites excluding steroid dienone is 1. The standard InChI is InChI=1S/C7H9F3N2O/c8-5-1-4(11)2-12(7(5)13)3-6(9)10/h1-2,6-7,13H,3,11H2. The zero-order valence-electron chi connectivity index (χ0n) is 6.62. The Balaban J connectivity index is 2.71. The second-order valence-corrected chi connectivity index (χ2v) is 2.62. The quantitative estimate of drug-likeness (QED) is 0.674. The molecule has 1 heterocycles. The van der Waals surface area contributed by atoms with Crippen molar-refractivity contribution in [1.82, 2.24) is 4.90 Å². The van der Waals surface area contributed by atoms with Crippen molar-refractivity contribution in [1.29, 1.82) is 0 Å². The molecule has 74 valence electrons. The van der Waals surface area contributed by atoms with E-state index >= 15 is 0 Å². The van der Waals surface area contributed by atoms with Crippen LogP contribution in [-0.4, -0.2) is 29.2 Å². The van der Waals surface area contributed by atoms with Gasteiger partial charge in [-0.1, -0.05) is 0 Å². The zero-order valence-corrected chi connectivity index (χ0v) is 6.62. The predicted octanol–water partition coefficient (Wildman–Crippen LogP) is 0.539. The van der Waals surface area contributed by atoms with Gasteiger partial charge in [-0.15, -0.1) is 0 Å². The first-order valence-electron chi connectivity index (χ1n) is 3.57. The van der Waals surface area contributed by atoms with Crippen molar-refractivity contribution in [3.8, 4) is 0 Å². The monoisotopic (exact) mass is 194 g/mol. The van der Waals surface area contributed by atoms with Crippen LogP contribution >= 0.6 is 0 Å². The molecular weight excluding hydrogens is 185 g/mol. The fourth-order valence-electron chi connectivity index (χ4n) is 1.00. The molecule has 13 heavy (non-hydrogen) atoms. The third kappa shape index (κ3) is 2.38. The summed E-state index contributed by atoms with van der Waals surface area (Å²) in [5.74, 6) is -0.930. The molecule has 0 saturated carbocycles. The van der Waals surface area contributed by atoms with E-state index in [1.165, 1.54) is 0 Å². The first-order chi connectivity index (χ1) is 6.00. The predicted molar refractivity (Wildman–Crippen MR) is 40.2 cm³/mol. The fraction of sp³-hybridized carbons (Fsp3) is 0.429. The number of aliphatic hydroxyl groups is 1. The van der Waals surface area contributed by atoms with Crippen LogP contribution in [0.25, 0.3) is 0 Å². The average molecular weight is 194 g/mol. The number of alkyl halides is 2. The molecule has 0 aromatic rings. The molecule has 0 bridgehead atoms. The van der Waals surface area contributed by atoms with Gasteiger partial charge >= 0.3 is 0 Å². The Morgan fingerprint density at radius 3 is 2.77 bits per heavy atom. The minimum Gasteiger partial charge on any atom is -0.397 e. The summed E-state index contributed by atoms with van der Waals surface area (Å²) in [4.78, 5) is 0.745. The number of rotatable bonds is 2. The van der Waals surface area contributed by atoms with Gasteiger partial charge in [-0.2, -0.15) is 0 Å². The summed E-state index contributed by atoms with van der Waals surface area (Å²) < 4.78 is 36.5. The lowest BCUT2D eigenvalue weighted by Crippen LogP contribution is -2.37. The van der Waals surface area contributed by atoms with Crippen LogP contribution in [0.3, 0.4) is 0 Å². The molecule has 1 unspecified atom stereocenters. The third-order valence-corrected chi connectivity index (χ3v) is 1.53. The van der Waals surface area contributed by atoms with Crippen LogP contribution in [0.15, 0.2) is 23.8 Å². The highest BCUT2D eigenvalue weighted by atomic mass is 19.3. The molecule has 3 nitrogen and oxygen atoms in total. The summed E-state index contributed by atoms with van der Waals surface area (Å²) in [5.41, 5.74) is 5.20. The Morgan fingerprint density at radius 2 is 2.23 bits per heavy atom. The van der Waals surface area contributed by atoms with Crippen molar-refractivity contribution < 1.29 is 18.3 Å². The Kier molecular flexibility index (Phi) is 2.82. The molecule has 1 atom stereocenters. The Morgan fingerprint density at radius 1 is 1.62 bits per heavy atom. The number of hydrogen-bond acceptors (Lipinski definition) is 3. The summed E-state index contributed by atoms with van der Waals surface area (Å²) in [7, 11) is 0. The Hall–Kier alpha value is -1.17. The molecule has 0 aromatic carbocycles. The molecule has 0 saturated heterocycles. The smallest absolute Gasteiger partial charge is 0.255 e. The summed E-state index contributed by atoms with van der Waals surface area (Å²) in [6.45, 7) is -0.747. The van der Waals surface area contributed by atoms with Gasteiger partial charge in [0.15, 0.2) is 12.1 Å².